The number of rotatable bonds is 14. The summed E-state index contributed by atoms with van der Waals surface area (Å²) in [4.78, 5) is 31.4. The minimum Gasteiger partial charge on any atom is -0.490 e. The molecule has 2 amide bonds. The van der Waals surface area contributed by atoms with Crippen LogP contribution in [0.15, 0.2) is 131 Å². The Hall–Kier alpha value is -6.07. The number of likely N-dealkylation sites (N-methyl/N-ethyl adjacent to an activating group) is 1. The first-order valence-corrected chi connectivity index (χ1v) is 24.7. The molecule has 0 fully saturated rings. The maximum Gasteiger partial charge on any atom is 0.283 e. The number of anilines is 3. The summed E-state index contributed by atoms with van der Waals surface area (Å²) in [6.45, 7) is 10.5. The molecular weight excluding hydrogens is 922 g/mol. The lowest BCUT2D eigenvalue weighted by atomic mass is 10.1. The molecule has 0 saturated carbocycles. The number of halogens is 2. The van der Waals surface area contributed by atoms with Crippen LogP contribution in [0.3, 0.4) is 0 Å². The van der Waals surface area contributed by atoms with E-state index in [1.165, 1.54) is 14.8 Å². The predicted molar refractivity (Wildman–Crippen MR) is 261 cm³/mol. The zero-order chi connectivity index (χ0) is 47.9. The fraction of sp³-hybridized carbons (Fsp3) is 0.271. The lowest BCUT2D eigenvalue weighted by molar-refractivity contribution is 0.0934. The highest BCUT2D eigenvalue weighted by atomic mass is 35.5. The van der Waals surface area contributed by atoms with Crippen molar-refractivity contribution < 1.29 is 31.2 Å². The zero-order valence-electron chi connectivity index (χ0n) is 37.7. The minimum atomic E-state index is -4.00. The Bertz CT molecular complexity index is 2890. The van der Waals surface area contributed by atoms with Gasteiger partial charge in [-0.15, -0.1) is 0 Å². The molecule has 0 saturated heterocycles. The molecule has 66 heavy (non-hydrogen) atoms. The van der Waals surface area contributed by atoms with Gasteiger partial charge in [0, 0.05) is 53.5 Å². The third-order valence-electron chi connectivity index (χ3n) is 10.4. The topological polar surface area (TPSA) is 163 Å². The first kappa shape index (κ1) is 49.4. The second kappa shape index (κ2) is 21.0. The third kappa shape index (κ3) is 12.0. The molecule has 7 rings (SSSR count). The molecule has 18 heteroatoms. The maximum atomic E-state index is 14.0. The number of aromatic nitrogens is 2. The number of hydrogen-bond acceptors (Lipinski definition) is 9. The predicted octanol–water partition coefficient (Wildman–Crippen LogP) is 8.62. The molecule has 2 N–H and O–H groups in total. The average Bonchev–Trinajstić information content (AvgIpc) is 3.63. The number of benzene rings is 5. The van der Waals surface area contributed by atoms with E-state index in [2.05, 4.69) is 15.6 Å². The lowest BCUT2D eigenvalue weighted by Gasteiger charge is -2.29. The van der Waals surface area contributed by atoms with E-state index in [9.17, 15) is 26.4 Å². The van der Waals surface area contributed by atoms with Gasteiger partial charge in [0.25, 0.3) is 31.9 Å². The Balaban J connectivity index is 0.000000220. The first-order valence-electron chi connectivity index (χ1n) is 21.1. The SMILES string of the molecule is CC(C)NC(=O)c1cccc(N(Cc2ccc(Cl)cc2)S(=O)(=O)c2ccc3c(c2)N(C)CCO3)c1.Cc1nc(S(=O)(=O)N(Cc2ccc(Cl)cc2)c2cccc(C(=O)NC(C)C)c2)cn1C. The highest BCUT2D eigenvalue weighted by Gasteiger charge is 2.30. The van der Waals surface area contributed by atoms with E-state index in [1.807, 2.05) is 39.6 Å². The number of hydrogen-bond donors (Lipinski definition) is 2. The second-order valence-electron chi connectivity index (χ2n) is 16.3. The van der Waals surface area contributed by atoms with Crippen LogP contribution in [0.1, 0.15) is 65.4 Å². The molecule has 0 radical (unpaired) electrons. The Kier molecular flexibility index (Phi) is 15.7. The normalized spacial score (nSPS) is 12.4. The highest BCUT2D eigenvalue weighted by molar-refractivity contribution is 7.93. The molecule has 1 aliphatic rings. The van der Waals surface area contributed by atoms with Crippen LogP contribution < -0.4 is 28.9 Å². The summed E-state index contributed by atoms with van der Waals surface area (Å²) in [6.07, 6.45) is 1.48. The Morgan fingerprint density at radius 1 is 0.697 bits per heavy atom. The van der Waals surface area contributed by atoms with Gasteiger partial charge in [-0.25, -0.2) is 13.4 Å². The van der Waals surface area contributed by atoms with Crippen LogP contribution in [0, 0.1) is 6.92 Å². The second-order valence-corrected chi connectivity index (χ2v) is 20.8. The summed E-state index contributed by atoms with van der Waals surface area (Å²) in [5, 5.41) is 6.74. The molecule has 348 valence electrons. The number of fused-ring (bicyclic) bond motifs is 1. The van der Waals surface area contributed by atoms with E-state index in [1.54, 1.807) is 134 Å². The highest BCUT2D eigenvalue weighted by Crippen LogP contribution is 2.36. The van der Waals surface area contributed by atoms with Crippen molar-refractivity contribution in [2.24, 2.45) is 7.05 Å². The van der Waals surface area contributed by atoms with Crippen LogP contribution in [0.2, 0.25) is 10.0 Å². The number of amides is 2. The molecule has 2 heterocycles. The number of carbonyl (C=O) groups excluding carboxylic acids is 2. The van der Waals surface area contributed by atoms with Crippen LogP contribution in [-0.4, -0.2) is 70.5 Å². The number of sulfonamides is 2. The van der Waals surface area contributed by atoms with E-state index in [4.69, 9.17) is 27.9 Å². The first-order chi connectivity index (χ1) is 31.2. The van der Waals surface area contributed by atoms with E-state index in [0.717, 1.165) is 11.1 Å². The van der Waals surface area contributed by atoms with Crippen molar-refractivity contribution >= 4 is 72.1 Å². The van der Waals surface area contributed by atoms with Crippen molar-refractivity contribution in [2.45, 2.75) is 69.7 Å². The molecule has 6 aromatic rings. The molecule has 0 atom stereocenters. The number of carbonyl (C=O) groups is 2. The van der Waals surface area contributed by atoms with Gasteiger partial charge in [-0.1, -0.05) is 59.6 Å². The zero-order valence-corrected chi connectivity index (χ0v) is 40.8. The molecule has 5 aromatic carbocycles. The van der Waals surface area contributed by atoms with E-state index in [0.29, 0.717) is 63.0 Å². The number of imidazole rings is 1. The molecular formula is C48H53Cl2N7O7S2. The average molecular weight is 975 g/mol. The summed E-state index contributed by atoms with van der Waals surface area (Å²) < 4.78 is 65.0. The van der Waals surface area contributed by atoms with Gasteiger partial charge in [0.2, 0.25) is 0 Å². The van der Waals surface area contributed by atoms with Gasteiger partial charge in [-0.3, -0.25) is 18.2 Å². The van der Waals surface area contributed by atoms with Gasteiger partial charge in [-0.05, 0) is 125 Å². The van der Waals surface area contributed by atoms with Crippen LogP contribution >= 0.6 is 23.2 Å². The maximum absolute atomic E-state index is 14.0. The van der Waals surface area contributed by atoms with Gasteiger partial charge in [-0.2, -0.15) is 8.42 Å². The van der Waals surface area contributed by atoms with Crippen molar-refractivity contribution in [2.75, 3.05) is 33.7 Å². The Morgan fingerprint density at radius 2 is 1.18 bits per heavy atom. The van der Waals surface area contributed by atoms with Crippen molar-refractivity contribution in [1.82, 2.24) is 20.2 Å². The van der Waals surface area contributed by atoms with Gasteiger partial charge in [0.15, 0.2) is 5.03 Å². The molecule has 0 bridgehead atoms. The van der Waals surface area contributed by atoms with Crippen molar-refractivity contribution in [1.29, 1.82) is 0 Å². The Morgan fingerprint density at radius 3 is 1.64 bits per heavy atom. The molecule has 1 aromatic heterocycles. The van der Waals surface area contributed by atoms with E-state index >= 15 is 0 Å². The van der Waals surface area contributed by atoms with Crippen LogP contribution in [0.4, 0.5) is 17.1 Å². The molecule has 1 aliphatic heterocycles. The molecule has 0 spiro atoms. The fourth-order valence-electron chi connectivity index (χ4n) is 6.82. The molecule has 14 nitrogen and oxygen atoms in total. The largest absolute Gasteiger partial charge is 0.490 e. The fourth-order valence-corrected chi connectivity index (χ4v) is 10.0. The van der Waals surface area contributed by atoms with Gasteiger partial charge in [0.1, 0.15) is 18.2 Å². The Labute approximate surface area is 397 Å². The minimum absolute atomic E-state index is 0.0402. The molecule has 0 aliphatic carbocycles. The van der Waals surface area contributed by atoms with E-state index in [-0.39, 0.29) is 46.9 Å². The summed E-state index contributed by atoms with van der Waals surface area (Å²) in [7, 11) is -4.35. The summed E-state index contributed by atoms with van der Waals surface area (Å²) in [5.74, 6) is 0.692. The van der Waals surface area contributed by atoms with E-state index < -0.39 is 20.0 Å². The summed E-state index contributed by atoms with van der Waals surface area (Å²) >= 11 is 12.0. The summed E-state index contributed by atoms with van der Waals surface area (Å²) in [5.41, 5.74) is 3.74. The smallest absolute Gasteiger partial charge is 0.283 e. The number of nitrogens with zero attached hydrogens (tertiary/aromatic N) is 5. The van der Waals surface area contributed by atoms with Crippen molar-refractivity contribution in [3.63, 3.8) is 0 Å². The molecule has 0 unspecified atom stereocenters. The third-order valence-corrected chi connectivity index (χ3v) is 14.3. The lowest BCUT2D eigenvalue weighted by Crippen LogP contribution is -2.33. The standard InChI is InChI=1S/C26H28ClN3O4S.C22H25ClN4O3S/c1-18(2)28-26(31)20-5-4-6-22(15-20)30(17-19-7-9-21(27)10-8-19)35(32,33)23-11-12-25-24(16-23)29(3)13-14-34-25;1-15(2)24-22(28)18-6-5-7-20(12-18)27(13-17-8-10-19(23)11-9-17)31(29,30)21-14-26(4)16(3)25-21/h4-12,15-16,18H,13-14,17H2,1-3H3,(H,28,31);5-12,14-15H,13H2,1-4H3,(H,24,28). The van der Waals surface area contributed by atoms with Crippen LogP contribution in [0.25, 0.3) is 0 Å². The number of aryl methyl sites for hydroxylation is 2. The van der Waals surface area contributed by atoms with Gasteiger partial charge < -0.3 is 24.8 Å². The van der Waals surface area contributed by atoms with Gasteiger partial charge >= 0.3 is 0 Å². The monoisotopic (exact) mass is 973 g/mol. The van der Waals surface area contributed by atoms with Crippen LogP contribution in [0.5, 0.6) is 5.75 Å². The van der Waals surface area contributed by atoms with Gasteiger partial charge in [0.05, 0.1) is 41.6 Å². The number of nitrogens with one attached hydrogen (secondary N) is 2. The summed E-state index contributed by atoms with van der Waals surface area (Å²) in [6, 6.07) is 31.9. The van der Waals surface area contributed by atoms with Crippen molar-refractivity contribution in [3.05, 3.63) is 160 Å². The van der Waals surface area contributed by atoms with Crippen molar-refractivity contribution in [3.8, 4) is 5.75 Å². The van der Waals surface area contributed by atoms with Crippen LogP contribution in [-0.2, 0) is 40.2 Å². The quantitative estimate of drug-likeness (QED) is 0.109. The number of ether oxygens (including phenoxy) is 1.